The van der Waals surface area contributed by atoms with Crippen molar-refractivity contribution in [1.82, 2.24) is 5.32 Å². The predicted octanol–water partition coefficient (Wildman–Crippen LogP) is 2.73. The van der Waals surface area contributed by atoms with Crippen LogP contribution in [-0.4, -0.2) is 6.54 Å². The first-order valence-electron chi connectivity index (χ1n) is 4.65. The van der Waals surface area contributed by atoms with Crippen LogP contribution in [0.15, 0.2) is 6.07 Å². The van der Waals surface area contributed by atoms with Crippen LogP contribution in [0.4, 0.5) is 0 Å². The summed E-state index contributed by atoms with van der Waals surface area (Å²) < 4.78 is 0. The zero-order chi connectivity index (χ0) is 8.97. The molecule has 1 aliphatic rings. The van der Waals surface area contributed by atoms with Gasteiger partial charge in [-0.1, -0.05) is 13.8 Å². The molecule has 0 saturated carbocycles. The van der Waals surface area contributed by atoms with Crippen LogP contribution in [0.1, 0.15) is 29.2 Å². The SMILES string of the molecule is CC.Cc1cc2c(s1)CCNC2. The number of aryl methyl sites for hydroxylation is 1. The molecule has 1 N–H and O–H groups in total. The van der Waals surface area contributed by atoms with E-state index in [1.807, 2.05) is 25.2 Å². The molecule has 12 heavy (non-hydrogen) atoms. The molecule has 0 saturated heterocycles. The summed E-state index contributed by atoms with van der Waals surface area (Å²) in [6.07, 6.45) is 1.23. The second-order valence-electron chi connectivity index (χ2n) is 2.73. The van der Waals surface area contributed by atoms with Crippen LogP contribution >= 0.6 is 11.3 Å². The van der Waals surface area contributed by atoms with Crippen LogP contribution in [0.3, 0.4) is 0 Å². The Balaban J connectivity index is 0.000000336. The number of thiophene rings is 1. The van der Waals surface area contributed by atoms with Gasteiger partial charge in [0.2, 0.25) is 0 Å². The topological polar surface area (TPSA) is 12.0 Å². The Bertz CT molecular complexity index is 216. The van der Waals surface area contributed by atoms with E-state index < -0.39 is 0 Å². The highest BCUT2D eigenvalue weighted by atomic mass is 32.1. The van der Waals surface area contributed by atoms with Gasteiger partial charge in [0.1, 0.15) is 0 Å². The third kappa shape index (κ3) is 2.08. The molecule has 0 unspecified atom stereocenters. The van der Waals surface area contributed by atoms with E-state index in [1.165, 1.54) is 16.9 Å². The van der Waals surface area contributed by atoms with Gasteiger partial charge in [0.05, 0.1) is 0 Å². The van der Waals surface area contributed by atoms with Crippen molar-refractivity contribution in [3.63, 3.8) is 0 Å². The van der Waals surface area contributed by atoms with Crippen molar-refractivity contribution in [1.29, 1.82) is 0 Å². The Kier molecular flexibility index (Phi) is 3.76. The summed E-state index contributed by atoms with van der Waals surface area (Å²) in [5, 5.41) is 3.36. The number of hydrogen-bond acceptors (Lipinski definition) is 2. The van der Waals surface area contributed by atoms with E-state index in [2.05, 4.69) is 18.3 Å². The predicted molar refractivity (Wildman–Crippen MR) is 55.8 cm³/mol. The van der Waals surface area contributed by atoms with Gasteiger partial charge in [-0.15, -0.1) is 11.3 Å². The first-order chi connectivity index (χ1) is 5.86. The van der Waals surface area contributed by atoms with E-state index in [1.54, 1.807) is 4.88 Å². The molecule has 0 aromatic carbocycles. The fourth-order valence-electron chi connectivity index (χ4n) is 1.40. The number of fused-ring (bicyclic) bond motifs is 1. The normalized spacial score (nSPS) is 14.6. The maximum Gasteiger partial charge on any atom is 0.0216 e. The Morgan fingerprint density at radius 2 is 2.17 bits per heavy atom. The van der Waals surface area contributed by atoms with Crippen LogP contribution < -0.4 is 5.32 Å². The van der Waals surface area contributed by atoms with Crippen LogP contribution in [0.2, 0.25) is 0 Å². The Labute approximate surface area is 78.8 Å². The first-order valence-corrected chi connectivity index (χ1v) is 5.47. The maximum absolute atomic E-state index is 3.36. The molecule has 68 valence electrons. The summed E-state index contributed by atoms with van der Waals surface area (Å²) in [5.74, 6) is 0. The molecule has 0 spiro atoms. The highest BCUT2D eigenvalue weighted by molar-refractivity contribution is 7.12. The van der Waals surface area contributed by atoms with Crippen LogP contribution in [-0.2, 0) is 13.0 Å². The van der Waals surface area contributed by atoms with Gasteiger partial charge in [0.15, 0.2) is 0 Å². The lowest BCUT2D eigenvalue weighted by Gasteiger charge is -2.10. The van der Waals surface area contributed by atoms with Gasteiger partial charge in [-0.05, 0) is 25.0 Å². The molecule has 1 aromatic rings. The fourth-order valence-corrected chi connectivity index (χ4v) is 2.46. The van der Waals surface area contributed by atoms with Gasteiger partial charge in [0.25, 0.3) is 0 Å². The fraction of sp³-hybridized carbons (Fsp3) is 0.600. The van der Waals surface area contributed by atoms with Gasteiger partial charge >= 0.3 is 0 Å². The molecule has 0 fully saturated rings. The summed E-state index contributed by atoms with van der Waals surface area (Å²) in [6, 6.07) is 2.30. The summed E-state index contributed by atoms with van der Waals surface area (Å²) in [4.78, 5) is 3.05. The lowest BCUT2D eigenvalue weighted by atomic mass is 10.1. The largest absolute Gasteiger partial charge is 0.312 e. The van der Waals surface area contributed by atoms with Crippen molar-refractivity contribution in [2.24, 2.45) is 0 Å². The summed E-state index contributed by atoms with van der Waals surface area (Å²) in [5.41, 5.74) is 1.52. The van der Waals surface area contributed by atoms with Gasteiger partial charge in [-0.3, -0.25) is 0 Å². The van der Waals surface area contributed by atoms with Crippen molar-refractivity contribution < 1.29 is 0 Å². The summed E-state index contributed by atoms with van der Waals surface area (Å²) in [7, 11) is 0. The molecule has 0 aliphatic carbocycles. The van der Waals surface area contributed by atoms with Gasteiger partial charge < -0.3 is 5.32 Å². The van der Waals surface area contributed by atoms with Crippen LogP contribution in [0.25, 0.3) is 0 Å². The number of hydrogen-bond donors (Lipinski definition) is 1. The number of rotatable bonds is 0. The van der Waals surface area contributed by atoms with E-state index in [4.69, 9.17) is 0 Å². The molecular formula is C10H17NS. The monoisotopic (exact) mass is 183 g/mol. The summed E-state index contributed by atoms with van der Waals surface area (Å²) >= 11 is 1.95. The van der Waals surface area contributed by atoms with Gasteiger partial charge in [-0.2, -0.15) is 0 Å². The van der Waals surface area contributed by atoms with Gasteiger partial charge in [0, 0.05) is 22.8 Å². The van der Waals surface area contributed by atoms with Crippen molar-refractivity contribution in [3.8, 4) is 0 Å². The van der Waals surface area contributed by atoms with E-state index in [-0.39, 0.29) is 0 Å². The van der Waals surface area contributed by atoms with E-state index in [0.717, 1.165) is 13.1 Å². The van der Waals surface area contributed by atoms with Crippen molar-refractivity contribution in [2.45, 2.75) is 33.7 Å². The zero-order valence-corrected chi connectivity index (χ0v) is 8.92. The molecular weight excluding hydrogens is 166 g/mol. The molecule has 0 radical (unpaired) electrons. The molecule has 2 rings (SSSR count). The average molecular weight is 183 g/mol. The zero-order valence-electron chi connectivity index (χ0n) is 8.11. The average Bonchev–Trinajstić information content (AvgIpc) is 2.48. The molecule has 2 heteroatoms. The van der Waals surface area contributed by atoms with Crippen molar-refractivity contribution >= 4 is 11.3 Å². The summed E-state index contributed by atoms with van der Waals surface area (Å²) in [6.45, 7) is 8.43. The number of nitrogens with one attached hydrogen (secondary N) is 1. The highest BCUT2D eigenvalue weighted by Gasteiger charge is 2.09. The minimum atomic E-state index is 1.08. The molecule has 1 nitrogen and oxygen atoms in total. The quantitative estimate of drug-likeness (QED) is 0.652. The molecule has 1 aliphatic heterocycles. The van der Waals surface area contributed by atoms with Crippen molar-refractivity contribution in [3.05, 3.63) is 21.4 Å². The van der Waals surface area contributed by atoms with E-state index in [9.17, 15) is 0 Å². The molecule has 0 atom stereocenters. The minimum Gasteiger partial charge on any atom is -0.312 e. The van der Waals surface area contributed by atoms with Gasteiger partial charge in [-0.25, -0.2) is 0 Å². The van der Waals surface area contributed by atoms with E-state index in [0.29, 0.717) is 0 Å². The molecule has 0 amide bonds. The van der Waals surface area contributed by atoms with Crippen LogP contribution in [0.5, 0.6) is 0 Å². The third-order valence-electron chi connectivity index (χ3n) is 1.86. The second-order valence-corrected chi connectivity index (χ2v) is 4.07. The Hall–Kier alpha value is -0.340. The van der Waals surface area contributed by atoms with Crippen LogP contribution in [0, 0.1) is 6.92 Å². The standard InChI is InChI=1S/C8H11NS.C2H6/c1-6-4-7-5-9-3-2-8(7)10-6;1-2/h4,9H,2-3,5H2,1H3;1-2H3. The van der Waals surface area contributed by atoms with E-state index >= 15 is 0 Å². The Morgan fingerprint density at radius 3 is 2.83 bits per heavy atom. The lowest BCUT2D eigenvalue weighted by Crippen LogP contribution is -2.21. The third-order valence-corrected chi connectivity index (χ3v) is 3.02. The molecule has 0 bridgehead atoms. The first kappa shape index (κ1) is 9.75. The smallest absolute Gasteiger partial charge is 0.0216 e. The van der Waals surface area contributed by atoms with Crippen molar-refractivity contribution in [2.75, 3.05) is 6.54 Å². The Morgan fingerprint density at radius 1 is 1.42 bits per heavy atom. The molecule has 1 aromatic heterocycles. The highest BCUT2D eigenvalue weighted by Crippen LogP contribution is 2.23. The molecule has 2 heterocycles. The maximum atomic E-state index is 3.36. The second kappa shape index (κ2) is 4.63. The lowest BCUT2D eigenvalue weighted by molar-refractivity contribution is 0.653. The minimum absolute atomic E-state index is 1.08.